The summed E-state index contributed by atoms with van der Waals surface area (Å²) in [6, 6.07) is 8.63. The summed E-state index contributed by atoms with van der Waals surface area (Å²) in [5, 5.41) is 11.8. The molecular formula is C16H22N2O4S. The molecule has 23 heavy (non-hydrogen) atoms. The second kappa shape index (κ2) is 7.61. The van der Waals surface area contributed by atoms with Gasteiger partial charge in [-0.3, -0.25) is 4.79 Å². The number of unbranched alkanes of at least 4 members (excludes halogenated alkanes) is 1. The van der Waals surface area contributed by atoms with Gasteiger partial charge in [-0.15, -0.1) is 0 Å². The second-order valence-electron chi connectivity index (χ2n) is 5.31. The van der Waals surface area contributed by atoms with Crippen LogP contribution in [0.2, 0.25) is 0 Å². The Morgan fingerprint density at radius 1 is 1.17 bits per heavy atom. The molecule has 0 unspecified atom stereocenters. The molecule has 126 valence electrons. The van der Waals surface area contributed by atoms with Gasteiger partial charge in [-0.2, -0.15) is 0 Å². The highest BCUT2D eigenvalue weighted by atomic mass is 32.2. The van der Waals surface area contributed by atoms with Crippen molar-refractivity contribution in [1.82, 2.24) is 9.62 Å². The largest absolute Gasteiger partial charge is 0.396 e. The van der Waals surface area contributed by atoms with Crippen molar-refractivity contribution in [2.75, 3.05) is 19.7 Å². The van der Waals surface area contributed by atoms with Crippen LogP contribution < -0.4 is 5.32 Å². The first-order valence-electron chi connectivity index (χ1n) is 7.75. The highest BCUT2D eigenvalue weighted by Gasteiger charge is 2.43. The Bertz CT molecular complexity index is 683. The van der Waals surface area contributed by atoms with E-state index in [-0.39, 0.29) is 23.8 Å². The topological polar surface area (TPSA) is 86.7 Å². The third-order valence-electron chi connectivity index (χ3n) is 3.60. The van der Waals surface area contributed by atoms with Crippen molar-refractivity contribution in [3.8, 4) is 0 Å². The molecule has 0 saturated heterocycles. The van der Waals surface area contributed by atoms with E-state index in [0.29, 0.717) is 24.9 Å². The number of aliphatic hydroxyl groups is 1. The van der Waals surface area contributed by atoms with Crippen molar-refractivity contribution in [3.63, 3.8) is 0 Å². The second-order valence-corrected chi connectivity index (χ2v) is 7.11. The van der Waals surface area contributed by atoms with E-state index < -0.39 is 15.9 Å². The molecule has 0 saturated carbocycles. The summed E-state index contributed by atoms with van der Waals surface area (Å²) in [4.78, 5) is 12.6. The lowest BCUT2D eigenvalue weighted by atomic mass is 10.2. The van der Waals surface area contributed by atoms with Crippen molar-refractivity contribution < 1.29 is 18.3 Å². The van der Waals surface area contributed by atoms with Crippen LogP contribution in [0.1, 0.15) is 31.7 Å². The molecule has 0 aromatic heterocycles. The fourth-order valence-corrected chi connectivity index (χ4v) is 4.18. The minimum absolute atomic E-state index is 0.0251. The van der Waals surface area contributed by atoms with E-state index in [2.05, 4.69) is 5.32 Å². The molecule has 1 aliphatic rings. The van der Waals surface area contributed by atoms with Gasteiger partial charge in [-0.25, -0.2) is 12.7 Å². The van der Waals surface area contributed by atoms with E-state index >= 15 is 0 Å². The van der Waals surface area contributed by atoms with Gasteiger partial charge in [-0.1, -0.05) is 43.7 Å². The lowest BCUT2D eigenvalue weighted by Crippen LogP contribution is -2.34. The van der Waals surface area contributed by atoms with E-state index in [1.807, 2.05) is 6.92 Å². The zero-order valence-electron chi connectivity index (χ0n) is 13.2. The van der Waals surface area contributed by atoms with Gasteiger partial charge in [0, 0.05) is 19.7 Å². The van der Waals surface area contributed by atoms with Crippen LogP contribution >= 0.6 is 0 Å². The molecule has 1 amide bonds. The van der Waals surface area contributed by atoms with Crippen LogP contribution in [0.5, 0.6) is 0 Å². The smallest absolute Gasteiger partial charge is 0.285 e. The van der Waals surface area contributed by atoms with Gasteiger partial charge < -0.3 is 10.4 Å². The molecule has 1 aromatic carbocycles. The molecule has 1 aromatic rings. The van der Waals surface area contributed by atoms with E-state index in [9.17, 15) is 13.2 Å². The fourth-order valence-electron chi connectivity index (χ4n) is 2.42. The SMILES string of the molecule is CCCCN1C(=O)C(NCCCO)=C(c2ccccc2)S1(=O)=O. The van der Waals surface area contributed by atoms with Crippen LogP contribution in [0.15, 0.2) is 36.0 Å². The number of carbonyl (C=O) groups excluding carboxylic acids is 1. The molecular weight excluding hydrogens is 316 g/mol. The standard InChI is InChI=1S/C16H22N2O4S/c1-2-3-11-18-16(20)14(17-10-7-12-19)15(23(18,21)22)13-8-5-4-6-9-13/h4-6,8-9,17,19H,2-3,7,10-12H2,1H3. The van der Waals surface area contributed by atoms with Crippen molar-refractivity contribution in [3.05, 3.63) is 41.6 Å². The van der Waals surface area contributed by atoms with Crippen LogP contribution in [0.25, 0.3) is 4.91 Å². The summed E-state index contributed by atoms with van der Waals surface area (Å²) < 4.78 is 26.6. The van der Waals surface area contributed by atoms with Gasteiger partial charge in [0.25, 0.3) is 15.9 Å². The Kier molecular flexibility index (Phi) is 5.79. The average molecular weight is 338 g/mol. The molecule has 0 atom stereocenters. The maximum absolute atomic E-state index is 12.8. The first-order valence-corrected chi connectivity index (χ1v) is 9.19. The van der Waals surface area contributed by atoms with E-state index in [0.717, 1.165) is 10.7 Å². The highest BCUT2D eigenvalue weighted by Crippen LogP contribution is 2.34. The Labute approximate surface area is 136 Å². The van der Waals surface area contributed by atoms with Gasteiger partial charge in [0.15, 0.2) is 0 Å². The number of carbonyl (C=O) groups is 1. The summed E-state index contributed by atoms with van der Waals surface area (Å²) >= 11 is 0. The number of hydrogen-bond acceptors (Lipinski definition) is 5. The van der Waals surface area contributed by atoms with Crippen molar-refractivity contribution >= 4 is 20.8 Å². The Morgan fingerprint density at radius 2 is 1.87 bits per heavy atom. The first-order chi connectivity index (χ1) is 11.0. The quantitative estimate of drug-likeness (QED) is 0.698. The molecule has 1 heterocycles. The molecule has 6 nitrogen and oxygen atoms in total. The summed E-state index contributed by atoms with van der Waals surface area (Å²) in [6.07, 6.45) is 1.86. The number of amides is 1. The fraction of sp³-hybridized carbons (Fsp3) is 0.438. The van der Waals surface area contributed by atoms with Crippen molar-refractivity contribution in [2.24, 2.45) is 0 Å². The molecule has 1 aliphatic heterocycles. The molecule has 2 N–H and O–H groups in total. The normalized spacial score (nSPS) is 17.0. The van der Waals surface area contributed by atoms with Gasteiger partial charge in [0.05, 0.1) is 0 Å². The summed E-state index contributed by atoms with van der Waals surface area (Å²) in [5.74, 6) is -0.518. The monoisotopic (exact) mass is 338 g/mol. The van der Waals surface area contributed by atoms with Crippen molar-refractivity contribution in [1.29, 1.82) is 0 Å². The van der Waals surface area contributed by atoms with E-state index in [4.69, 9.17) is 5.11 Å². The molecule has 7 heteroatoms. The number of nitrogens with one attached hydrogen (secondary N) is 1. The van der Waals surface area contributed by atoms with Crippen LogP contribution in [0, 0.1) is 0 Å². The van der Waals surface area contributed by atoms with Gasteiger partial charge in [0.2, 0.25) is 0 Å². The number of nitrogens with zero attached hydrogens (tertiary/aromatic N) is 1. The van der Waals surface area contributed by atoms with Gasteiger partial charge >= 0.3 is 0 Å². The Hall–Kier alpha value is -1.86. The molecule has 0 radical (unpaired) electrons. The minimum atomic E-state index is -3.85. The van der Waals surface area contributed by atoms with Gasteiger partial charge in [0.1, 0.15) is 10.6 Å². The van der Waals surface area contributed by atoms with E-state index in [1.165, 1.54) is 0 Å². The Morgan fingerprint density at radius 3 is 2.48 bits per heavy atom. The third-order valence-corrected chi connectivity index (χ3v) is 5.49. The maximum Gasteiger partial charge on any atom is 0.285 e. The molecule has 0 spiro atoms. The molecule has 0 fully saturated rings. The highest BCUT2D eigenvalue weighted by molar-refractivity contribution is 7.99. The number of aliphatic hydroxyl groups excluding tert-OH is 1. The first kappa shape index (κ1) is 17.5. The number of rotatable bonds is 8. The summed E-state index contributed by atoms with van der Waals surface area (Å²) in [6.45, 7) is 2.44. The number of benzene rings is 1. The van der Waals surface area contributed by atoms with Crippen LogP contribution in [-0.2, 0) is 14.8 Å². The van der Waals surface area contributed by atoms with Crippen LogP contribution in [0.4, 0.5) is 0 Å². The summed E-state index contributed by atoms with van der Waals surface area (Å²) in [7, 11) is -3.85. The minimum Gasteiger partial charge on any atom is -0.396 e. The average Bonchev–Trinajstić information content (AvgIpc) is 2.73. The van der Waals surface area contributed by atoms with Crippen molar-refractivity contribution in [2.45, 2.75) is 26.2 Å². The summed E-state index contributed by atoms with van der Waals surface area (Å²) in [5.41, 5.74) is 0.590. The van der Waals surface area contributed by atoms with Crippen LogP contribution in [-0.4, -0.2) is 43.4 Å². The Balaban J connectivity index is 2.45. The zero-order chi connectivity index (χ0) is 16.9. The van der Waals surface area contributed by atoms with Crippen LogP contribution in [0.3, 0.4) is 0 Å². The zero-order valence-corrected chi connectivity index (χ0v) is 14.0. The molecule has 0 aliphatic carbocycles. The third kappa shape index (κ3) is 3.56. The molecule has 2 rings (SSSR count). The number of hydrogen-bond donors (Lipinski definition) is 2. The lowest BCUT2D eigenvalue weighted by Gasteiger charge is -2.15. The lowest BCUT2D eigenvalue weighted by molar-refractivity contribution is -0.122. The predicted octanol–water partition coefficient (Wildman–Crippen LogP) is 1.30. The predicted molar refractivity (Wildman–Crippen MR) is 88.6 cm³/mol. The molecule has 0 bridgehead atoms. The number of sulfonamides is 1. The van der Waals surface area contributed by atoms with E-state index in [1.54, 1.807) is 30.3 Å². The maximum atomic E-state index is 12.8. The van der Waals surface area contributed by atoms with Gasteiger partial charge in [-0.05, 0) is 18.4 Å².